The second kappa shape index (κ2) is 9.30. The summed E-state index contributed by atoms with van der Waals surface area (Å²) in [4.78, 5) is 19.8. The lowest BCUT2D eigenvalue weighted by Crippen LogP contribution is -2.47. The van der Waals surface area contributed by atoms with E-state index >= 15 is 0 Å². The highest BCUT2D eigenvalue weighted by molar-refractivity contribution is 5.48. The van der Waals surface area contributed by atoms with Gasteiger partial charge >= 0.3 is 0 Å². The Bertz CT molecular complexity index is 993. The predicted molar refractivity (Wildman–Crippen MR) is 116 cm³/mol. The van der Waals surface area contributed by atoms with Crippen molar-refractivity contribution in [3.8, 4) is 0 Å². The Hall–Kier alpha value is -3.25. The number of benzene rings is 2. The molecule has 29 heavy (non-hydrogen) atoms. The number of rotatable bonds is 6. The van der Waals surface area contributed by atoms with Crippen LogP contribution in [0.25, 0.3) is 6.08 Å². The standard InChI is InChI=1S/C23H25N5O/c29-22-21(18-20-10-5-2-6-11-20)25-26-23(24-22)28-16-14-27(15-17-28)13-7-12-19-8-3-1-4-9-19/h1-12H,13-18H2,(H,24,26,29)/b12-7+. The molecule has 2 heterocycles. The molecule has 1 aliphatic rings. The first kappa shape index (κ1) is 19.1. The summed E-state index contributed by atoms with van der Waals surface area (Å²) in [5.41, 5.74) is 2.56. The Morgan fingerprint density at radius 3 is 2.28 bits per heavy atom. The van der Waals surface area contributed by atoms with Crippen molar-refractivity contribution in [3.05, 3.63) is 93.9 Å². The van der Waals surface area contributed by atoms with E-state index in [9.17, 15) is 4.79 Å². The number of nitrogens with one attached hydrogen (secondary N) is 1. The zero-order valence-corrected chi connectivity index (χ0v) is 16.4. The van der Waals surface area contributed by atoms with Crippen molar-refractivity contribution in [3.63, 3.8) is 0 Å². The quantitative estimate of drug-likeness (QED) is 0.704. The summed E-state index contributed by atoms with van der Waals surface area (Å²) in [6.07, 6.45) is 4.84. The fourth-order valence-electron chi connectivity index (χ4n) is 3.44. The van der Waals surface area contributed by atoms with E-state index in [-0.39, 0.29) is 5.56 Å². The molecule has 6 nitrogen and oxygen atoms in total. The minimum absolute atomic E-state index is 0.160. The van der Waals surface area contributed by atoms with Crippen molar-refractivity contribution < 1.29 is 0 Å². The molecule has 0 unspecified atom stereocenters. The number of anilines is 1. The minimum atomic E-state index is -0.160. The SMILES string of the molecule is O=c1[nH]c(N2CCN(C/C=C/c3ccccc3)CC2)nnc1Cc1ccccc1. The van der Waals surface area contributed by atoms with Crippen LogP contribution >= 0.6 is 0 Å². The van der Waals surface area contributed by atoms with Gasteiger partial charge in [0.05, 0.1) is 0 Å². The van der Waals surface area contributed by atoms with Gasteiger partial charge in [-0.2, -0.15) is 0 Å². The van der Waals surface area contributed by atoms with Crippen LogP contribution in [0.1, 0.15) is 16.8 Å². The summed E-state index contributed by atoms with van der Waals surface area (Å²) in [7, 11) is 0. The molecule has 0 amide bonds. The van der Waals surface area contributed by atoms with Crippen LogP contribution in [0.15, 0.2) is 71.5 Å². The first-order chi connectivity index (χ1) is 14.3. The number of hydrogen-bond acceptors (Lipinski definition) is 5. The summed E-state index contributed by atoms with van der Waals surface area (Å²) in [5.74, 6) is 0.561. The van der Waals surface area contributed by atoms with Crippen LogP contribution in [0.3, 0.4) is 0 Å². The molecule has 0 atom stereocenters. The van der Waals surface area contributed by atoms with Gasteiger partial charge in [0.2, 0.25) is 5.95 Å². The van der Waals surface area contributed by atoms with Crippen LogP contribution in [-0.2, 0) is 6.42 Å². The van der Waals surface area contributed by atoms with Gasteiger partial charge in [-0.15, -0.1) is 10.2 Å². The van der Waals surface area contributed by atoms with Gasteiger partial charge in [0.1, 0.15) is 5.69 Å². The topological polar surface area (TPSA) is 65.1 Å². The molecule has 1 aliphatic heterocycles. The van der Waals surface area contributed by atoms with Crippen molar-refractivity contribution in [2.45, 2.75) is 6.42 Å². The molecule has 2 aromatic carbocycles. The molecular weight excluding hydrogens is 362 g/mol. The monoisotopic (exact) mass is 387 g/mol. The number of hydrogen-bond donors (Lipinski definition) is 1. The number of H-pyrrole nitrogens is 1. The third-order valence-corrected chi connectivity index (χ3v) is 5.11. The molecule has 6 heteroatoms. The van der Waals surface area contributed by atoms with Crippen molar-refractivity contribution in [2.75, 3.05) is 37.6 Å². The average Bonchev–Trinajstić information content (AvgIpc) is 2.77. The lowest BCUT2D eigenvalue weighted by Gasteiger charge is -2.34. The smallest absolute Gasteiger partial charge is 0.274 e. The van der Waals surface area contributed by atoms with Gasteiger partial charge in [-0.1, -0.05) is 72.8 Å². The van der Waals surface area contributed by atoms with Crippen LogP contribution in [0.5, 0.6) is 0 Å². The van der Waals surface area contributed by atoms with Crippen LogP contribution in [0.2, 0.25) is 0 Å². The number of aromatic nitrogens is 3. The lowest BCUT2D eigenvalue weighted by molar-refractivity contribution is 0.282. The Morgan fingerprint density at radius 2 is 1.59 bits per heavy atom. The highest BCUT2D eigenvalue weighted by atomic mass is 16.1. The highest BCUT2D eigenvalue weighted by Crippen LogP contribution is 2.10. The van der Waals surface area contributed by atoms with E-state index in [1.807, 2.05) is 48.5 Å². The molecule has 1 N–H and O–H groups in total. The highest BCUT2D eigenvalue weighted by Gasteiger charge is 2.19. The molecule has 1 fully saturated rings. The first-order valence-electron chi connectivity index (χ1n) is 9.96. The Kier molecular flexibility index (Phi) is 6.12. The summed E-state index contributed by atoms with van der Waals surface area (Å²) in [5, 5.41) is 8.46. The van der Waals surface area contributed by atoms with Crippen LogP contribution in [0.4, 0.5) is 5.95 Å². The zero-order valence-electron chi connectivity index (χ0n) is 16.4. The molecule has 0 saturated carbocycles. The summed E-state index contributed by atoms with van der Waals surface area (Å²) < 4.78 is 0. The third kappa shape index (κ3) is 5.18. The van der Waals surface area contributed by atoms with E-state index in [1.165, 1.54) is 5.56 Å². The maximum absolute atomic E-state index is 12.4. The normalized spacial score (nSPS) is 15.1. The zero-order chi connectivity index (χ0) is 19.9. The molecular formula is C23H25N5O. The summed E-state index contributed by atoms with van der Waals surface area (Å²) >= 11 is 0. The number of piperazine rings is 1. The summed E-state index contributed by atoms with van der Waals surface area (Å²) in [6, 6.07) is 20.2. The third-order valence-electron chi connectivity index (χ3n) is 5.11. The Labute approximate surface area is 170 Å². The summed E-state index contributed by atoms with van der Waals surface area (Å²) in [6.45, 7) is 4.41. The fourth-order valence-corrected chi connectivity index (χ4v) is 3.44. The van der Waals surface area contributed by atoms with E-state index < -0.39 is 0 Å². The van der Waals surface area contributed by atoms with Crippen LogP contribution in [0, 0.1) is 0 Å². The van der Waals surface area contributed by atoms with Gasteiger partial charge in [-0.3, -0.25) is 14.7 Å². The van der Waals surface area contributed by atoms with Gasteiger partial charge in [0.15, 0.2) is 0 Å². The first-order valence-corrected chi connectivity index (χ1v) is 9.96. The molecule has 1 aromatic heterocycles. The van der Waals surface area contributed by atoms with Crippen molar-refractivity contribution in [2.24, 2.45) is 0 Å². The maximum atomic E-state index is 12.4. The van der Waals surface area contributed by atoms with Gasteiger partial charge in [0.25, 0.3) is 5.56 Å². The van der Waals surface area contributed by atoms with Crippen molar-refractivity contribution in [1.82, 2.24) is 20.1 Å². The maximum Gasteiger partial charge on any atom is 0.274 e. The van der Waals surface area contributed by atoms with Crippen LogP contribution in [-0.4, -0.2) is 52.8 Å². The molecule has 3 aromatic rings. The molecule has 0 bridgehead atoms. The molecule has 0 aliphatic carbocycles. The van der Waals surface area contributed by atoms with E-state index in [0.717, 1.165) is 38.3 Å². The number of aromatic amines is 1. The largest absolute Gasteiger partial charge is 0.338 e. The molecule has 1 saturated heterocycles. The Morgan fingerprint density at radius 1 is 0.897 bits per heavy atom. The van der Waals surface area contributed by atoms with Crippen LogP contribution < -0.4 is 10.5 Å². The fraction of sp³-hybridized carbons (Fsp3) is 0.261. The molecule has 0 radical (unpaired) electrons. The van der Waals surface area contributed by atoms with Gasteiger partial charge in [-0.25, -0.2) is 0 Å². The van der Waals surface area contributed by atoms with Gasteiger partial charge < -0.3 is 4.90 Å². The van der Waals surface area contributed by atoms with Gasteiger partial charge in [-0.05, 0) is 11.1 Å². The van der Waals surface area contributed by atoms with E-state index in [1.54, 1.807) is 0 Å². The van der Waals surface area contributed by atoms with Crippen molar-refractivity contribution in [1.29, 1.82) is 0 Å². The van der Waals surface area contributed by atoms with Gasteiger partial charge in [0, 0.05) is 39.1 Å². The van der Waals surface area contributed by atoms with Crippen molar-refractivity contribution >= 4 is 12.0 Å². The lowest BCUT2D eigenvalue weighted by atomic mass is 10.1. The minimum Gasteiger partial charge on any atom is -0.338 e. The van der Waals surface area contributed by atoms with E-state index in [0.29, 0.717) is 18.1 Å². The molecule has 4 rings (SSSR count). The second-order valence-corrected chi connectivity index (χ2v) is 7.19. The Balaban J connectivity index is 1.31. The average molecular weight is 387 g/mol. The predicted octanol–water partition coefficient (Wildman–Crippen LogP) is 2.59. The number of nitrogens with zero attached hydrogens (tertiary/aromatic N) is 4. The van der Waals surface area contributed by atoms with E-state index in [4.69, 9.17) is 0 Å². The second-order valence-electron chi connectivity index (χ2n) is 7.19. The molecule has 0 spiro atoms. The molecule has 148 valence electrons. The van der Waals surface area contributed by atoms with E-state index in [2.05, 4.69) is 49.3 Å².